The third kappa shape index (κ3) is 7.96. The molecule has 0 bridgehead atoms. The van der Waals surface area contributed by atoms with Crippen molar-refractivity contribution in [3.05, 3.63) is 35.9 Å². The number of hydrogen-bond donors (Lipinski definition) is 3. The van der Waals surface area contributed by atoms with Crippen molar-refractivity contribution in [2.24, 2.45) is 0 Å². The Morgan fingerprint density at radius 3 is 2.23 bits per heavy atom. The normalized spacial score (nSPS) is 13.4. The van der Waals surface area contributed by atoms with E-state index in [1.54, 1.807) is 51.1 Å². The summed E-state index contributed by atoms with van der Waals surface area (Å²) in [5, 5.41) is 13.9. The van der Waals surface area contributed by atoms with E-state index < -0.39 is 42.3 Å². The van der Waals surface area contributed by atoms with Crippen molar-refractivity contribution in [1.29, 1.82) is 0 Å². The van der Waals surface area contributed by atoms with Gasteiger partial charge in [-0.1, -0.05) is 30.3 Å². The maximum Gasteiger partial charge on any atom is 0.408 e. The summed E-state index contributed by atoms with van der Waals surface area (Å²) in [6, 6.07) is 6.35. The molecule has 144 valence electrons. The van der Waals surface area contributed by atoms with Crippen LogP contribution in [0.3, 0.4) is 0 Å². The van der Waals surface area contributed by atoms with E-state index in [9.17, 15) is 23.9 Å². The number of carboxylic acids is 1. The van der Waals surface area contributed by atoms with E-state index in [2.05, 4.69) is 10.6 Å². The van der Waals surface area contributed by atoms with Crippen molar-refractivity contribution in [2.75, 3.05) is 6.67 Å². The number of alkyl halides is 1. The van der Waals surface area contributed by atoms with Gasteiger partial charge in [-0.05, 0) is 26.3 Å². The molecule has 0 fully saturated rings. The first kappa shape index (κ1) is 21.4. The van der Waals surface area contributed by atoms with Crippen LogP contribution < -0.4 is 10.6 Å². The summed E-state index contributed by atoms with van der Waals surface area (Å²) in [4.78, 5) is 35.6. The van der Waals surface area contributed by atoms with E-state index in [1.165, 1.54) is 0 Å². The molecule has 7 nitrogen and oxygen atoms in total. The second kappa shape index (κ2) is 9.74. The molecule has 2 atom stereocenters. The second-order valence-corrected chi connectivity index (χ2v) is 6.77. The molecule has 0 aliphatic heterocycles. The minimum atomic E-state index is -1.23. The van der Waals surface area contributed by atoms with Gasteiger partial charge in [0.25, 0.3) is 0 Å². The Hall–Kier alpha value is -2.64. The van der Waals surface area contributed by atoms with Crippen molar-refractivity contribution in [3.8, 4) is 0 Å². The number of benzene rings is 1. The quantitative estimate of drug-likeness (QED) is 0.651. The fourth-order valence-corrected chi connectivity index (χ4v) is 2.15. The molecule has 0 radical (unpaired) electrons. The fraction of sp³-hybridized carbons (Fsp3) is 0.500. The van der Waals surface area contributed by atoms with Gasteiger partial charge in [0, 0.05) is 12.8 Å². The van der Waals surface area contributed by atoms with Crippen LogP contribution in [0, 0.1) is 0 Å². The number of halogens is 1. The zero-order valence-corrected chi connectivity index (χ0v) is 15.1. The summed E-state index contributed by atoms with van der Waals surface area (Å²) < 4.78 is 17.8. The van der Waals surface area contributed by atoms with E-state index in [4.69, 9.17) is 4.74 Å². The zero-order valence-electron chi connectivity index (χ0n) is 15.1. The maximum atomic E-state index is 12.7. The molecule has 2 unspecified atom stereocenters. The minimum absolute atomic E-state index is 0.0662. The lowest BCUT2D eigenvalue weighted by atomic mass is 10.1. The highest BCUT2D eigenvalue weighted by Crippen LogP contribution is 2.08. The molecule has 0 aromatic heterocycles. The summed E-state index contributed by atoms with van der Waals surface area (Å²) in [5.41, 5.74) is -0.0556. The number of hydrogen-bond acceptors (Lipinski definition) is 4. The lowest BCUT2D eigenvalue weighted by molar-refractivity contribution is -0.142. The number of ether oxygens (including phenoxy) is 1. The lowest BCUT2D eigenvalue weighted by Gasteiger charge is -2.24. The lowest BCUT2D eigenvalue weighted by Crippen LogP contribution is -2.53. The number of carboxylic acid groups (broad SMARTS) is 1. The zero-order chi connectivity index (χ0) is 19.7. The second-order valence-electron chi connectivity index (χ2n) is 6.77. The van der Waals surface area contributed by atoms with Gasteiger partial charge in [-0.3, -0.25) is 9.18 Å². The Labute approximate surface area is 151 Å². The molecule has 1 aromatic rings. The first-order valence-corrected chi connectivity index (χ1v) is 8.25. The Bertz CT molecular complexity index is 616. The van der Waals surface area contributed by atoms with Gasteiger partial charge in [-0.25, -0.2) is 9.59 Å². The summed E-state index contributed by atoms with van der Waals surface area (Å²) in [6.07, 6.45) is -1.10. The van der Waals surface area contributed by atoms with Crippen LogP contribution in [0.25, 0.3) is 0 Å². The SMILES string of the molecule is CC(C)(C)OC(=O)NC(CCF)C(=O)NC(Cc1ccccc1)C(=O)O. The van der Waals surface area contributed by atoms with Crippen LogP contribution in [0.15, 0.2) is 30.3 Å². The molecule has 0 saturated heterocycles. The van der Waals surface area contributed by atoms with Crippen LogP contribution in [-0.2, 0) is 20.7 Å². The van der Waals surface area contributed by atoms with Gasteiger partial charge in [-0.15, -0.1) is 0 Å². The first-order chi connectivity index (χ1) is 12.1. The fourth-order valence-electron chi connectivity index (χ4n) is 2.15. The Kier molecular flexibility index (Phi) is 8.02. The number of amides is 2. The highest BCUT2D eigenvalue weighted by Gasteiger charge is 2.28. The van der Waals surface area contributed by atoms with Crippen LogP contribution in [0.4, 0.5) is 9.18 Å². The Morgan fingerprint density at radius 2 is 1.73 bits per heavy atom. The summed E-state index contributed by atoms with van der Waals surface area (Å²) in [6.45, 7) is 4.09. The predicted octanol–water partition coefficient (Wildman–Crippen LogP) is 2.05. The average molecular weight is 368 g/mol. The van der Waals surface area contributed by atoms with Crippen molar-refractivity contribution in [1.82, 2.24) is 10.6 Å². The largest absolute Gasteiger partial charge is 0.480 e. The number of carbonyl (C=O) groups is 3. The minimum Gasteiger partial charge on any atom is -0.480 e. The molecule has 2 amide bonds. The molecule has 1 rings (SSSR count). The van der Waals surface area contributed by atoms with Crippen LogP contribution in [-0.4, -0.2) is 47.4 Å². The molecule has 0 aliphatic carbocycles. The van der Waals surface area contributed by atoms with Gasteiger partial charge < -0.3 is 20.5 Å². The molecular weight excluding hydrogens is 343 g/mol. The molecule has 0 saturated carbocycles. The van der Waals surface area contributed by atoms with Crippen molar-refractivity contribution >= 4 is 18.0 Å². The predicted molar refractivity (Wildman–Crippen MR) is 93.5 cm³/mol. The summed E-state index contributed by atoms with van der Waals surface area (Å²) >= 11 is 0. The molecule has 3 N–H and O–H groups in total. The van der Waals surface area contributed by atoms with Crippen LogP contribution in [0.2, 0.25) is 0 Å². The monoisotopic (exact) mass is 368 g/mol. The van der Waals surface area contributed by atoms with E-state index in [0.29, 0.717) is 0 Å². The van der Waals surface area contributed by atoms with E-state index in [-0.39, 0.29) is 12.8 Å². The Morgan fingerprint density at radius 1 is 1.12 bits per heavy atom. The van der Waals surface area contributed by atoms with E-state index >= 15 is 0 Å². The Balaban J connectivity index is 2.76. The number of rotatable bonds is 8. The van der Waals surface area contributed by atoms with Crippen LogP contribution in [0.1, 0.15) is 32.8 Å². The summed E-state index contributed by atoms with van der Waals surface area (Å²) in [5.74, 6) is -2.00. The van der Waals surface area contributed by atoms with Gasteiger partial charge >= 0.3 is 12.1 Å². The number of nitrogens with one attached hydrogen (secondary N) is 2. The van der Waals surface area contributed by atoms with Gasteiger partial charge in [0.1, 0.15) is 17.7 Å². The summed E-state index contributed by atoms with van der Waals surface area (Å²) in [7, 11) is 0. The van der Waals surface area contributed by atoms with Crippen molar-refractivity contribution in [2.45, 2.75) is 51.3 Å². The third-order valence-corrected chi connectivity index (χ3v) is 3.30. The molecule has 8 heteroatoms. The van der Waals surface area contributed by atoms with E-state index in [1.807, 2.05) is 0 Å². The topological polar surface area (TPSA) is 105 Å². The van der Waals surface area contributed by atoms with Gasteiger partial charge in [0.05, 0.1) is 6.67 Å². The molecule has 1 aromatic carbocycles. The number of carbonyl (C=O) groups excluding carboxylic acids is 2. The highest BCUT2D eigenvalue weighted by atomic mass is 19.1. The van der Waals surface area contributed by atoms with Crippen molar-refractivity contribution < 1.29 is 28.6 Å². The van der Waals surface area contributed by atoms with Gasteiger partial charge in [0.15, 0.2) is 0 Å². The smallest absolute Gasteiger partial charge is 0.408 e. The van der Waals surface area contributed by atoms with Crippen molar-refractivity contribution in [3.63, 3.8) is 0 Å². The molecular formula is C18H25FN2O5. The average Bonchev–Trinajstić information content (AvgIpc) is 2.52. The van der Waals surface area contributed by atoms with Crippen LogP contribution >= 0.6 is 0 Å². The first-order valence-electron chi connectivity index (χ1n) is 8.25. The molecule has 0 spiro atoms. The highest BCUT2D eigenvalue weighted by molar-refractivity contribution is 5.89. The molecule has 0 heterocycles. The van der Waals surface area contributed by atoms with Gasteiger partial charge in [0.2, 0.25) is 5.91 Å². The molecule has 26 heavy (non-hydrogen) atoms. The standard InChI is InChI=1S/C18H25FN2O5/c1-18(2,3)26-17(25)21-13(9-10-19)15(22)20-14(16(23)24)11-12-7-5-4-6-8-12/h4-8,13-14H,9-11H2,1-3H3,(H,20,22)(H,21,25)(H,23,24). The third-order valence-electron chi connectivity index (χ3n) is 3.30. The molecule has 0 aliphatic rings. The number of alkyl carbamates (subject to hydrolysis) is 1. The van der Waals surface area contributed by atoms with E-state index in [0.717, 1.165) is 5.56 Å². The van der Waals surface area contributed by atoms with Gasteiger partial charge in [-0.2, -0.15) is 0 Å². The number of aliphatic carboxylic acids is 1. The van der Waals surface area contributed by atoms with Crippen LogP contribution in [0.5, 0.6) is 0 Å². The maximum absolute atomic E-state index is 12.7.